The number of hydrogen-bond acceptors (Lipinski definition) is 11. The molecule has 0 aromatic heterocycles. The lowest BCUT2D eigenvalue weighted by Gasteiger charge is -2.40. The Balaban J connectivity index is 1.64. The molecule has 2 heterocycles. The maximum atomic E-state index is 15.4. The van der Waals surface area contributed by atoms with E-state index in [-0.39, 0.29) is 53.0 Å². The van der Waals surface area contributed by atoms with Crippen molar-refractivity contribution in [3.63, 3.8) is 0 Å². The zero-order valence-corrected chi connectivity index (χ0v) is 33.6. The molecule has 2 aliphatic rings. The van der Waals surface area contributed by atoms with Gasteiger partial charge in [-0.1, -0.05) is 51.9 Å². The second-order valence-corrected chi connectivity index (χ2v) is 15.9. The molecule has 3 N–H and O–H groups in total. The first-order valence-corrected chi connectivity index (χ1v) is 19.7. The Kier molecular flexibility index (Phi) is 13.9. The second-order valence-electron chi connectivity index (χ2n) is 13.1. The zero-order valence-electron chi connectivity index (χ0n) is 31.2. The van der Waals surface area contributed by atoms with Crippen molar-refractivity contribution in [1.29, 1.82) is 0 Å². The Labute approximate surface area is 326 Å². The van der Waals surface area contributed by atoms with Crippen molar-refractivity contribution in [2.24, 2.45) is 0 Å². The minimum Gasteiger partial charge on any atom is -0.495 e. The SMILES string of the molecule is CCOc1cc(OC)c(S(=O)(=O)N(C)OC)cc1C1(C(=O)N2CCN(CC(=O)NC(C)COC)CC2)N[C@H](c2ccc(Cl)cc2)[C@H](c2ccc(Cl)cc2)N1. The molecule has 2 saturated heterocycles. The summed E-state index contributed by atoms with van der Waals surface area (Å²) >= 11 is 12.6. The summed E-state index contributed by atoms with van der Waals surface area (Å²) in [7, 11) is 1.14. The summed E-state index contributed by atoms with van der Waals surface area (Å²) in [5.74, 6) is -0.276. The van der Waals surface area contributed by atoms with Gasteiger partial charge in [-0.05, 0) is 55.3 Å². The molecule has 2 fully saturated rings. The van der Waals surface area contributed by atoms with Gasteiger partial charge in [0.2, 0.25) is 5.91 Å². The molecule has 54 heavy (non-hydrogen) atoms. The van der Waals surface area contributed by atoms with Crippen LogP contribution in [0.5, 0.6) is 11.5 Å². The molecule has 14 nitrogen and oxygen atoms in total. The first-order chi connectivity index (χ1) is 25.8. The Morgan fingerprint density at radius 2 is 1.48 bits per heavy atom. The fourth-order valence-corrected chi connectivity index (χ4v) is 8.22. The number of sulfonamides is 1. The molecular formula is C37H48Cl2N6O8S. The monoisotopic (exact) mass is 806 g/mol. The number of nitrogens with one attached hydrogen (secondary N) is 3. The van der Waals surface area contributed by atoms with Crippen molar-refractivity contribution in [3.8, 4) is 11.5 Å². The summed E-state index contributed by atoms with van der Waals surface area (Å²) in [5.41, 5.74) is 0.107. The number of piperazine rings is 1. The molecule has 294 valence electrons. The van der Waals surface area contributed by atoms with E-state index in [0.29, 0.717) is 42.8 Å². The fraction of sp³-hybridized carbons (Fsp3) is 0.459. The van der Waals surface area contributed by atoms with Crippen molar-refractivity contribution in [2.75, 3.05) is 74.3 Å². The number of hydroxylamine groups is 1. The van der Waals surface area contributed by atoms with Gasteiger partial charge in [0.1, 0.15) is 16.4 Å². The van der Waals surface area contributed by atoms with Crippen LogP contribution in [0.4, 0.5) is 0 Å². The summed E-state index contributed by atoms with van der Waals surface area (Å²) < 4.78 is 45.4. The van der Waals surface area contributed by atoms with Gasteiger partial charge in [0, 0.05) is 68.1 Å². The van der Waals surface area contributed by atoms with Crippen LogP contribution in [0.1, 0.15) is 42.6 Å². The first-order valence-electron chi connectivity index (χ1n) is 17.5. The van der Waals surface area contributed by atoms with Crippen LogP contribution in [0.3, 0.4) is 0 Å². The van der Waals surface area contributed by atoms with Gasteiger partial charge in [-0.25, -0.2) is 8.42 Å². The third kappa shape index (κ3) is 8.96. The molecule has 0 radical (unpaired) electrons. The highest BCUT2D eigenvalue weighted by molar-refractivity contribution is 7.89. The normalized spacial score (nSPS) is 21.2. The van der Waals surface area contributed by atoms with E-state index in [1.165, 1.54) is 33.4 Å². The lowest BCUT2D eigenvalue weighted by molar-refractivity contribution is -0.141. The first kappa shape index (κ1) is 41.6. The molecule has 0 bridgehead atoms. The van der Waals surface area contributed by atoms with Crippen molar-refractivity contribution < 1.29 is 37.1 Å². The molecule has 17 heteroatoms. The van der Waals surface area contributed by atoms with E-state index < -0.39 is 27.8 Å². The van der Waals surface area contributed by atoms with Crippen molar-refractivity contribution >= 4 is 45.0 Å². The largest absolute Gasteiger partial charge is 0.495 e. The van der Waals surface area contributed by atoms with E-state index in [2.05, 4.69) is 16.0 Å². The second kappa shape index (κ2) is 18.0. The third-order valence-electron chi connectivity index (χ3n) is 9.55. The van der Waals surface area contributed by atoms with E-state index in [9.17, 15) is 13.2 Å². The highest BCUT2D eigenvalue weighted by atomic mass is 35.5. The van der Waals surface area contributed by atoms with Crippen molar-refractivity contribution in [2.45, 2.75) is 42.5 Å². The Hall–Kier alpha value is -3.51. The quantitative estimate of drug-likeness (QED) is 0.193. The number of carbonyl (C=O) groups is 2. The Morgan fingerprint density at radius 1 is 0.926 bits per heavy atom. The number of carbonyl (C=O) groups excluding carboxylic acids is 2. The minimum absolute atomic E-state index is 0.00177. The zero-order chi connectivity index (χ0) is 39.2. The van der Waals surface area contributed by atoms with Crippen LogP contribution in [0.25, 0.3) is 0 Å². The maximum absolute atomic E-state index is 15.4. The van der Waals surface area contributed by atoms with E-state index in [1.807, 2.05) is 36.1 Å². The van der Waals surface area contributed by atoms with Crippen LogP contribution in [0.2, 0.25) is 10.0 Å². The number of hydrogen-bond donors (Lipinski definition) is 3. The van der Waals surface area contributed by atoms with Crippen LogP contribution in [-0.2, 0) is 34.8 Å². The number of amides is 2. The molecular weight excluding hydrogens is 759 g/mol. The summed E-state index contributed by atoms with van der Waals surface area (Å²) in [6, 6.07) is 16.3. The topological polar surface area (TPSA) is 151 Å². The smallest absolute Gasteiger partial charge is 0.268 e. The van der Waals surface area contributed by atoms with Crippen LogP contribution in [-0.4, -0.2) is 115 Å². The lowest BCUT2D eigenvalue weighted by Crippen LogP contribution is -2.62. The molecule has 0 saturated carbocycles. The molecule has 2 unspecified atom stereocenters. The molecule has 3 aromatic carbocycles. The van der Waals surface area contributed by atoms with E-state index >= 15 is 4.79 Å². The van der Waals surface area contributed by atoms with Gasteiger partial charge in [-0.2, -0.15) is 0 Å². The Morgan fingerprint density at radius 3 is 1.96 bits per heavy atom. The number of methoxy groups -OCH3 is 2. The fourth-order valence-electron chi connectivity index (χ4n) is 6.83. The van der Waals surface area contributed by atoms with Crippen LogP contribution < -0.4 is 25.4 Å². The van der Waals surface area contributed by atoms with Gasteiger partial charge in [-0.3, -0.25) is 30.0 Å². The van der Waals surface area contributed by atoms with E-state index in [4.69, 9.17) is 42.3 Å². The molecule has 3 aromatic rings. The lowest BCUT2D eigenvalue weighted by atomic mass is 9.95. The standard InChI is InChI=1S/C37H48Cl2N6O8S/c1-7-53-30-21-31(51-5)32(54(48,49)43(3)52-6)20-29(30)37(36(47)45-18-16-44(17-19-45)22-33(46)40-24(2)23-50-4)41-34(25-8-12-27(38)13-9-25)35(42-37)26-10-14-28(39)15-11-26/h8-15,20-21,24,34-35,41-42H,7,16-19,22-23H2,1-6H3,(H,40,46)/t24?,34-,35+,37?. The molecule has 0 aliphatic carbocycles. The number of benzene rings is 3. The predicted molar refractivity (Wildman–Crippen MR) is 205 cm³/mol. The number of rotatable bonds is 15. The van der Waals surface area contributed by atoms with Crippen LogP contribution >= 0.6 is 23.2 Å². The average Bonchev–Trinajstić information content (AvgIpc) is 3.56. The number of ether oxygens (including phenoxy) is 3. The maximum Gasteiger partial charge on any atom is 0.268 e. The van der Waals surface area contributed by atoms with Gasteiger partial charge < -0.3 is 24.4 Å². The molecule has 0 spiro atoms. The highest BCUT2D eigenvalue weighted by Gasteiger charge is 2.55. The van der Waals surface area contributed by atoms with E-state index in [1.54, 1.807) is 43.2 Å². The Bertz CT molecular complexity index is 1820. The van der Waals surface area contributed by atoms with Crippen molar-refractivity contribution in [1.82, 2.24) is 30.2 Å². The average molecular weight is 808 g/mol. The highest BCUT2D eigenvalue weighted by Crippen LogP contribution is 2.47. The van der Waals surface area contributed by atoms with Crippen molar-refractivity contribution in [3.05, 3.63) is 87.4 Å². The van der Waals surface area contributed by atoms with Gasteiger partial charge in [0.15, 0.2) is 5.66 Å². The molecule has 2 aliphatic heterocycles. The van der Waals surface area contributed by atoms with E-state index in [0.717, 1.165) is 15.6 Å². The van der Waals surface area contributed by atoms with Gasteiger partial charge in [-0.15, -0.1) is 0 Å². The minimum atomic E-state index is -4.30. The summed E-state index contributed by atoms with van der Waals surface area (Å²) in [6.45, 7) is 5.85. The third-order valence-corrected chi connectivity index (χ3v) is 11.8. The summed E-state index contributed by atoms with van der Waals surface area (Å²) in [4.78, 5) is 36.7. The van der Waals surface area contributed by atoms with Gasteiger partial charge in [0.25, 0.3) is 15.9 Å². The van der Waals surface area contributed by atoms with Crippen LogP contribution in [0.15, 0.2) is 65.6 Å². The predicted octanol–water partition coefficient (Wildman–Crippen LogP) is 3.71. The summed E-state index contributed by atoms with van der Waals surface area (Å²) in [5, 5.41) is 11.3. The van der Waals surface area contributed by atoms with Gasteiger partial charge in [0.05, 0.1) is 46.1 Å². The molecule has 4 atom stereocenters. The number of nitrogens with zero attached hydrogens (tertiary/aromatic N) is 3. The number of halogens is 2. The van der Waals surface area contributed by atoms with Crippen LogP contribution in [0, 0.1) is 0 Å². The van der Waals surface area contributed by atoms with Gasteiger partial charge >= 0.3 is 0 Å². The molecule has 2 amide bonds. The molecule has 5 rings (SSSR count). The summed E-state index contributed by atoms with van der Waals surface area (Å²) in [6.07, 6.45) is 0.